The largest absolute Gasteiger partial charge is 0.481 e. The number of rotatable bonds is 4. The van der Waals surface area contributed by atoms with E-state index in [1.807, 2.05) is 12.1 Å². The van der Waals surface area contributed by atoms with E-state index in [0.29, 0.717) is 11.8 Å². The summed E-state index contributed by atoms with van der Waals surface area (Å²) in [7, 11) is 0. The summed E-state index contributed by atoms with van der Waals surface area (Å²) < 4.78 is 0. The second-order valence-electron chi connectivity index (χ2n) is 7.12. The van der Waals surface area contributed by atoms with Gasteiger partial charge in [0.05, 0.1) is 5.92 Å². The standard InChI is InChI=1S/C19H26ClNO2/c20-17-7-5-14(6-8-17)15-9-11-21(12-10-15)13-16-3-1-2-4-18(16)19(22)23/h5-8,15-16,18H,1-4,9-13H2,(H,22,23). The van der Waals surface area contributed by atoms with Gasteiger partial charge in [-0.25, -0.2) is 0 Å². The van der Waals surface area contributed by atoms with Crippen molar-refractivity contribution in [3.63, 3.8) is 0 Å². The third kappa shape index (κ3) is 4.27. The highest BCUT2D eigenvalue weighted by molar-refractivity contribution is 6.30. The van der Waals surface area contributed by atoms with Crippen LogP contribution in [0.15, 0.2) is 24.3 Å². The van der Waals surface area contributed by atoms with Gasteiger partial charge in [0.1, 0.15) is 0 Å². The number of benzene rings is 1. The van der Waals surface area contributed by atoms with Crippen LogP contribution in [-0.4, -0.2) is 35.6 Å². The number of piperidine rings is 1. The van der Waals surface area contributed by atoms with Crippen molar-refractivity contribution in [2.24, 2.45) is 11.8 Å². The molecule has 2 fully saturated rings. The fourth-order valence-electron chi connectivity index (χ4n) is 4.27. The van der Waals surface area contributed by atoms with Crippen LogP contribution in [-0.2, 0) is 4.79 Å². The molecule has 3 rings (SSSR count). The normalized spacial score (nSPS) is 27.0. The first-order chi connectivity index (χ1) is 11.1. The Morgan fingerprint density at radius 1 is 1.09 bits per heavy atom. The fraction of sp³-hybridized carbons (Fsp3) is 0.632. The molecule has 0 bridgehead atoms. The minimum Gasteiger partial charge on any atom is -0.481 e. The molecule has 2 aliphatic rings. The van der Waals surface area contributed by atoms with Crippen molar-refractivity contribution in [1.29, 1.82) is 0 Å². The van der Waals surface area contributed by atoms with Gasteiger partial charge >= 0.3 is 5.97 Å². The molecule has 1 aliphatic carbocycles. The van der Waals surface area contributed by atoms with Crippen molar-refractivity contribution in [1.82, 2.24) is 4.90 Å². The summed E-state index contributed by atoms with van der Waals surface area (Å²) in [5, 5.41) is 10.2. The molecule has 1 N–H and O–H groups in total. The van der Waals surface area contributed by atoms with Gasteiger partial charge in [-0.2, -0.15) is 0 Å². The second-order valence-corrected chi connectivity index (χ2v) is 7.55. The Morgan fingerprint density at radius 3 is 2.39 bits per heavy atom. The molecule has 1 saturated heterocycles. The summed E-state index contributed by atoms with van der Waals surface area (Å²) in [6, 6.07) is 8.24. The van der Waals surface area contributed by atoms with Crippen molar-refractivity contribution < 1.29 is 9.90 Å². The summed E-state index contributed by atoms with van der Waals surface area (Å²) in [6.45, 7) is 3.12. The van der Waals surface area contributed by atoms with Crippen LogP contribution in [0.5, 0.6) is 0 Å². The smallest absolute Gasteiger partial charge is 0.306 e. The third-order valence-electron chi connectivity index (χ3n) is 5.65. The van der Waals surface area contributed by atoms with E-state index in [9.17, 15) is 9.90 Å². The molecule has 4 heteroatoms. The van der Waals surface area contributed by atoms with Gasteiger partial charge in [0.25, 0.3) is 0 Å². The van der Waals surface area contributed by atoms with Crippen LogP contribution < -0.4 is 0 Å². The summed E-state index contributed by atoms with van der Waals surface area (Å²) in [5.41, 5.74) is 1.38. The maximum Gasteiger partial charge on any atom is 0.306 e. The molecule has 23 heavy (non-hydrogen) atoms. The summed E-state index contributed by atoms with van der Waals surface area (Å²) in [5.74, 6) is 0.238. The molecule has 1 heterocycles. The Kier molecular flexibility index (Phi) is 5.60. The summed E-state index contributed by atoms with van der Waals surface area (Å²) >= 11 is 5.97. The average molecular weight is 336 g/mol. The first kappa shape index (κ1) is 16.8. The highest BCUT2D eigenvalue weighted by atomic mass is 35.5. The van der Waals surface area contributed by atoms with Crippen LogP contribution in [0.3, 0.4) is 0 Å². The first-order valence-corrected chi connectivity index (χ1v) is 9.22. The van der Waals surface area contributed by atoms with E-state index in [2.05, 4.69) is 17.0 Å². The molecule has 2 unspecified atom stereocenters. The van der Waals surface area contributed by atoms with Gasteiger partial charge in [-0.3, -0.25) is 4.79 Å². The number of aliphatic carboxylic acids is 1. The number of nitrogens with zero attached hydrogens (tertiary/aromatic N) is 1. The molecular weight excluding hydrogens is 310 g/mol. The lowest BCUT2D eigenvalue weighted by Gasteiger charge is -2.37. The van der Waals surface area contributed by atoms with E-state index in [0.717, 1.165) is 56.8 Å². The van der Waals surface area contributed by atoms with Crippen LogP contribution in [0.1, 0.15) is 50.0 Å². The van der Waals surface area contributed by atoms with Crippen molar-refractivity contribution >= 4 is 17.6 Å². The zero-order chi connectivity index (χ0) is 16.2. The quantitative estimate of drug-likeness (QED) is 0.886. The molecule has 1 saturated carbocycles. The first-order valence-electron chi connectivity index (χ1n) is 8.84. The number of likely N-dealkylation sites (tertiary alicyclic amines) is 1. The molecule has 0 amide bonds. The van der Waals surface area contributed by atoms with Crippen molar-refractivity contribution in [3.8, 4) is 0 Å². The maximum absolute atomic E-state index is 11.4. The molecule has 1 aromatic rings. The molecule has 1 aliphatic heterocycles. The van der Waals surface area contributed by atoms with Gasteiger partial charge in [-0.1, -0.05) is 36.6 Å². The second kappa shape index (κ2) is 7.67. The van der Waals surface area contributed by atoms with Gasteiger partial charge < -0.3 is 10.0 Å². The van der Waals surface area contributed by atoms with E-state index in [1.165, 1.54) is 12.0 Å². The molecule has 1 aromatic carbocycles. The van der Waals surface area contributed by atoms with E-state index >= 15 is 0 Å². The minimum absolute atomic E-state index is 0.127. The lowest BCUT2D eigenvalue weighted by atomic mass is 9.78. The molecule has 2 atom stereocenters. The molecule has 3 nitrogen and oxygen atoms in total. The number of carbonyl (C=O) groups is 1. The van der Waals surface area contributed by atoms with Gasteiger partial charge in [0, 0.05) is 11.6 Å². The van der Waals surface area contributed by atoms with Crippen LogP contribution in [0, 0.1) is 11.8 Å². The van der Waals surface area contributed by atoms with Crippen LogP contribution >= 0.6 is 11.6 Å². The molecular formula is C19H26ClNO2. The number of carboxylic acids is 1. The number of hydrogen-bond donors (Lipinski definition) is 1. The number of carboxylic acid groups (broad SMARTS) is 1. The van der Waals surface area contributed by atoms with Crippen molar-refractivity contribution in [2.75, 3.05) is 19.6 Å². The SMILES string of the molecule is O=C(O)C1CCCCC1CN1CCC(c2ccc(Cl)cc2)CC1. The predicted octanol–water partition coefficient (Wildman–Crippen LogP) is 4.41. The fourth-order valence-corrected chi connectivity index (χ4v) is 4.39. The highest BCUT2D eigenvalue weighted by Crippen LogP contribution is 2.33. The topological polar surface area (TPSA) is 40.5 Å². The van der Waals surface area contributed by atoms with Crippen LogP contribution in [0.4, 0.5) is 0 Å². The third-order valence-corrected chi connectivity index (χ3v) is 5.90. The van der Waals surface area contributed by atoms with Crippen molar-refractivity contribution in [3.05, 3.63) is 34.9 Å². The molecule has 0 aromatic heterocycles. The van der Waals surface area contributed by atoms with Gasteiger partial charge in [-0.05, 0) is 68.3 Å². The zero-order valence-corrected chi connectivity index (χ0v) is 14.3. The lowest BCUT2D eigenvalue weighted by Crippen LogP contribution is -2.41. The van der Waals surface area contributed by atoms with E-state index in [1.54, 1.807) is 0 Å². The molecule has 0 radical (unpaired) electrons. The maximum atomic E-state index is 11.4. The minimum atomic E-state index is -0.592. The predicted molar refractivity (Wildman–Crippen MR) is 93.0 cm³/mol. The monoisotopic (exact) mass is 335 g/mol. The van der Waals surface area contributed by atoms with E-state index in [-0.39, 0.29) is 5.92 Å². The Hall–Kier alpha value is -1.06. The Labute approximate surface area is 143 Å². The van der Waals surface area contributed by atoms with Crippen LogP contribution in [0.2, 0.25) is 5.02 Å². The van der Waals surface area contributed by atoms with E-state index in [4.69, 9.17) is 11.6 Å². The van der Waals surface area contributed by atoms with Gasteiger partial charge in [0.2, 0.25) is 0 Å². The summed E-state index contributed by atoms with van der Waals surface area (Å²) in [4.78, 5) is 13.9. The van der Waals surface area contributed by atoms with Gasteiger partial charge in [-0.15, -0.1) is 0 Å². The Bertz CT molecular complexity index is 523. The van der Waals surface area contributed by atoms with Gasteiger partial charge in [0.15, 0.2) is 0 Å². The van der Waals surface area contributed by atoms with Crippen molar-refractivity contribution in [2.45, 2.75) is 44.4 Å². The number of hydrogen-bond acceptors (Lipinski definition) is 2. The Balaban J connectivity index is 1.52. The number of halogens is 1. The average Bonchev–Trinajstić information content (AvgIpc) is 2.57. The molecule has 0 spiro atoms. The molecule has 126 valence electrons. The highest BCUT2D eigenvalue weighted by Gasteiger charge is 2.32. The van der Waals surface area contributed by atoms with E-state index < -0.39 is 5.97 Å². The zero-order valence-electron chi connectivity index (χ0n) is 13.6. The Morgan fingerprint density at radius 2 is 1.74 bits per heavy atom. The van der Waals surface area contributed by atoms with Crippen LogP contribution in [0.25, 0.3) is 0 Å². The lowest BCUT2D eigenvalue weighted by molar-refractivity contribution is -0.145. The summed E-state index contributed by atoms with van der Waals surface area (Å²) in [6.07, 6.45) is 6.52.